The van der Waals surface area contributed by atoms with E-state index in [0.29, 0.717) is 18.2 Å². The van der Waals surface area contributed by atoms with Crippen LogP contribution >= 0.6 is 0 Å². The first-order chi connectivity index (χ1) is 13.3. The van der Waals surface area contributed by atoms with Crippen LogP contribution in [-0.4, -0.2) is 49.8 Å². The number of benzene rings is 1. The highest BCUT2D eigenvalue weighted by Crippen LogP contribution is 2.31. The van der Waals surface area contributed by atoms with Crippen LogP contribution in [0.4, 0.5) is 5.95 Å². The molecule has 1 unspecified atom stereocenters. The molecule has 0 bridgehead atoms. The van der Waals surface area contributed by atoms with Crippen molar-refractivity contribution < 1.29 is 9.84 Å². The molecule has 0 radical (unpaired) electrons. The summed E-state index contributed by atoms with van der Waals surface area (Å²) in [5, 5.41) is 26.0. The largest absolute Gasteiger partial charge is 0.508 e. The molecular formula is C19H22N6O2. The van der Waals surface area contributed by atoms with Gasteiger partial charge in [-0.3, -0.25) is 9.67 Å². The Hall–Kier alpha value is -2.87. The minimum absolute atomic E-state index is 0.385. The SMILES string of the molecule is Oc1cccc2c1CCN(c1nnc(-c3cn[nH]c3)n1CC1CCOC1)C2. The predicted molar refractivity (Wildman–Crippen MR) is 99.4 cm³/mol. The fraction of sp³-hybridized carbons (Fsp3) is 0.421. The Labute approximate surface area is 156 Å². The van der Waals surface area contributed by atoms with Gasteiger partial charge >= 0.3 is 0 Å². The van der Waals surface area contributed by atoms with Gasteiger partial charge in [-0.25, -0.2) is 0 Å². The van der Waals surface area contributed by atoms with Crippen molar-refractivity contribution in [2.75, 3.05) is 24.7 Å². The van der Waals surface area contributed by atoms with Crippen LogP contribution in [-0.2, 0) is 24.2 Å². The topological polar surface area (TPSA) is 92.1 Å². The molecular weight excluding hydrogens is 344 g/mol. The Balaban J connectivity index is 1.50. The first kappa shape index (κ1) is 16.3. The zero-order valence-corrected chi connectivity index (χ0v) is 15.0. The second-order valence-corrected chi connectivity index (χ2v) is 7.24. The highest BCUT2D eigenvalue weighted by Gasteiger charge is 2.27. The van der Waals surface area contributed by atoms with E-state index in [0.717, 1.165) is 67.6 Å². The number of hydrogen-bond acceptors (Lipinski definition) is 6. The molecule has 8 nitrogen and oxygen atoms in total. The second-order valence-electron chi connectivity index (χ2n) is 7.24. The molecule has 2 aliphatic rings. The summed E-state index contributed by atoms with van der Waals surface area (Å²) < 4.78 is 7.76. The molecule has 8 heteroatoms. The number of H-pyrrole nitrogens is 1. The standard InChI is InChI=1S/C19H22N6O2/c26-17-3-1-2-14-11-24(6-4-16(14)17)19-23-22-18(15-8-20-21-9-15)25(19)10-13-5-7-27-12-13/h1-3,8-9,13,26H,4-7,10-12H2,(H,20,21). The molecule has 140 valence electrons. The molecule has 2 aromatic heterocycles. The Morgan fingerprint density at radius 3 is 3.07 bits per heavy atom. The third kappa shape index (κ3) is 2.95. The maximum absolute atomic E-state index is 10.1. The van der Waals surface area contributed by atoms with Crippen molar-refractivity contribution in [2.45, 2.75) is 25.9 Å². The number of anilines is 1. The fourth-order valence-corrected chi connectivity index (χ4v) is 4.03. The van der Waals surface area contributed by atoms with E-state index in [1.165, 1.54) is 0 Å². The third-order valence-electron chi connectivity index (χ3n) is 5.48. The summed E-state index contributed by atoms with van der Waals surface area (Å²) >= 11 is 0. The van der Waals surface area contributed by atoms with E-state index in [-0.39, 0.29) is 0 Å². The van der Waals surface area contributed by atoms with Crippen LogP contribution < -0.4 is 4.90 Å². The van der Waals surface area contributed by atoms with Gasteiger partial charge < -0.3 is 14.7 Å². The third-order valence-corrected chi connectivity index (χ3v) is 5.48. The second kappa shape index (κ2) is 6.70. The van der Waals surface area contributed by atoms with Crippen LogP contribution in [0, 0.1) is 5.92 Å². The molecule has 4 heterocycles. The molecule has 0 amide bonds. The lowest BCUT2D eigenvalue weighted by Gasteiger charge is -2.30. The van der Waals surface area contributed by atoms with E-state index in [9.17, 15) is 5.11 Å². The number of aromatic nitrogens is 5. The van der Waals surface area contributed by atoms with E-state index in [4.69, 9.17) is 4.74 Å². The molecule has 2 N–H and O–H groups in total. The highest BCUT2D eigenvalue weighted by molar-refractivity contribution is 5.56. The predicted octanol–water partition coefficient (Wildman–Crippen LogP) is 1.97. The van der Waals surface area contributed by atoms with Crippen LogP contribution in [0.15, 0.2) is 30.6 Å². The van der Waals surface area contributed by atoms with E-state index >= 15 is 0 Å². The summed E-state index contributed by atoms with van der Waals surface area (Å²) in [7, 11) is 0. The fourth-order valence-electron chi connectivity index (χ4n) is 4.03. The lowest BCUT2D eigenvalue weighted by molar-refractivity contribution is 0.182. The Kier molecular flexibility index (Phi) is 4.05. The minimum atomic E-state index is 0.385. The molecule has 1 aromatic carbocycles. The average molecular weight is 366 g/mol. The van der Waals surface area contributed by atoms with Crippen molar-refractivity contribution in [3.63, 3.8) is 0 Å². The van der Waals surface area contributed by atoms with Gasteiger partial charge in [0.15, 0.2) is 5.82 Å². The molecule has 0 saturated carbocycles. The summed E-state index contributed by atoms with van der Waals surface area (Å²) in [6.07, 6.45) is 5.47. The van der Waals surface area contributed by atoms with Gasteiger partial charge in [-0.2, -0.15) is 5.10 Å². The summed E-state index contributed by atoms with van der Waals surface area (Å²) in [4.78, 5) is 2.24. The van der Waals surface area contributed by atoms with E-state index in [1.54, 1.807) is 12.3 Å². The number of hydrogen-bond donors (Lipinski definition) is 2. The summed E-state index contributed by atoms with van der Waals surface area (Å²) in [5.41, 5.74) is 3.12. The van der Waals surface area contributed by atoms with Crippen molar-refractivity contribution in [3.05, 3.63) is 41.7 Å². The number of ether oxygens (including phenoxy) is 1. The molecule has 5 rings (SSSR count). The number of fused-ring (bicyclic) bond motifs is 1. The zero-order valence-electron chi connectivity index (χ0n) is 15.0. The van der Waals surface area contributed by atoms with Gasteiger partial charge in [-0.15, -0.1) is 10.2 Å². The highest BCUT2D eigenvalue weighted by atomic mass is 16.5. The molecule has 27 heavy (non-hydrogen) atoms. The first-order valence-electron chi connectivity index (χ1n) is 9.34. The lowest BCUT2D eigenvalue weighted by Crippen LogP contribution is -2.33. The molecule has 0 spiro atoms. The molecule has 3 aromatic rings. The van der Waals surface area contributed by atoms with Crippen LogP contribution in [0.3, 0.4) is 0 Å². The van der Waals surface area contributed by atoms with Crippen molar-refractivity contribution in [3.8, 4) is 17.1 Å². The van der Waals surface area contributed by atoms with Crippen LogP contribution in [0.1, 0.15) is 17.5 Å². The monoisotopic (exact) mass is 366 g/mol. The first-order valence-corrected chi connectivity index (χ1v) is 9.34. The Morgan fingerprint density at radius 1 is 1.30 bits per heavy atom. The summed E-state index contributed by atoms with van der Waals surface area (Å²) in [5.74, 6) is 2.54. The molecule has 1 atom stereocenters. The summed E-state index contributed by atoms with van der Waals surface area (Å²) in [6, 6.07) is 5.73. The van der Waals surface area contributed by atoms with Crippen molar-refractivity contribution in [1.29, 1.82) is 0 Å². The van der Waals surface area contributed by atoms with Gasteiger partial charge in [0.1, 0.15) is 5.75 Å². The number of nitrogens with zero attached hydrogens (tertiary/aromatic N) is 5. The van der Waals surface area contributed by atoms with Crippen LogP contribution in [0.5, 0.6) is 5.75 Å². The molecule has 0 aliphatic carbocycles. The van der Waals surface area contributed by atoms with Gasteiger partial charge in [0.2, 0.25) is 5.95 Å². The normalized spacial score (nSPS) is 19.4. The zero-order chi connectivity index (χ0) is 18.2. The van der Waals surface area contributed by atoms with Gasteiger partial charge in [-0.05, 0) is 24.5 Å². The Morgan fingerprint density at radius 2 is 2.26 bits per heavy atom. The van der Waals surface area contributed by atoms with Gasteiger partial charge in [-0.1, -0.05) is 12.1 Å². The van der Waals surface area contributed by atoms with Gasteiger partial charge in [0.05, 0.1) is 18.4 Å². The van der Waals surface area contributed by atoms with Crippen molar-refractivity contribution >= 4 is 5.95 Å². The number of phenols is 1. The lowest BCUT2D eigenvalue weighted by atomic mass is 9.99. The van der Waals surface area contributed by atoms with Crippen LogP contribution in [0.25, 0.3) is 11.4 Å². The van der Waals surface area contributed by atoms with Crippen molar-refractivity contribution in [2.24, 2.45) is 5.92 Å². The van der Waals surface area contributed by atoms with E-state index in [1.807, 2.05) is 12.3 Å². The Bertz CT molecular complexity index is 930. The number of phenolic OH excluding ortho intramolecular Hbond substituents is 1. The van der Waals surface area contributed by atoms with E-state index in [2.05, 4.69) is 35.9 Å². The number of aromatic hydroxyl groups is 1. The van der Waals surface area contributed by atoms with E-state index < -0.39 is 0 Å². The molecule has 1 saturated heterocycles. The minimum Gasteiger partial charge on any atom is -0.508 e. The van der Waals surface area contributed by atoms with Gasteiger partial charge in [0.25, 0.3) is 0 Å². The van der Waals surface area contributed by atoms with Crippen LogP contribution in [0.2, 0.25) is 0 Å². The maximum atomic E-state index is 10.1. The molecule has 1 fully saturated rings. The quantitative estimate of drug-likeness (QED) is 0.733. The number of aromatic amines is 1. The smallest absolute Gasteiger partial charge is 0.227 e. The number of rotatable bonds is 4. The number of nitrogens with one attached hydrogen (secondary N) is 1. The van der Waals surface area contributed by atoms with Gasteiger partial charge in [0, 0.05) is 43.9 Å². The summed E-state index contributed by atoms with van der Waals surface area (Å²) in [6.45, 7) is 3.94. The van der Waals surface area contributed by atoms with Crippen molar-refractivity contribution in [1.82, 2.24) is 25.0 Å². The average Bonchev–Trinajstić information content (AvgIpc) is 3.44. The maximum Gasteiger partial charge on any atom is 0.227 e. The molecule has 2 aliphatic heterocycles.